The number of hydrogen-bond donors (Lipinski definition) is 1. The van der Waals surface area contributed by atoms with Crippen molar-refractivity contribution in [1.29, 1.82) is 0 Å². The van der Waals surface area contributed by atoms with Crippen molar-refractivity contribution in [1.82, 2.24) is 4.98 Å². The van der Waals surface area contributed by atoms with Gasteiger partial charge in [0.15, 0.2) is 0 Å². The fraction of sp³-hybridized carbons (Fsp3) is 0.643. The molecule has 1 aliphatic carbocycles. The maximum atomic E-state index is 5.84. The molecule has 0 saturated heterocycles. The summed E-state index contributed by atoms with van der Waals surface area (Å²) in [4.78, 5) is 4.32. The molecule has 2 rings (SSSR count). The molecule has 1 saturated carbocycles. The minimum absolute atomic E-state index is 0.559. The molecule has 0 aromatic carbocycles. The van der Waals surface area contributed by atoms with E-state index in [-0.39, 0.29) is 0 Å². The second-order valence-corrected chi connectivity index (χ2v) is 5.36. The van der Waals surface area contributed by atoms with Crippen LogP contribution < -0.4 is 5.32 Å². The van der Waals surface area contributed by atoms with Gasteiger partial charge in [-0.3, -0.25) is 0 Å². The van der Waals surface area contributed by atoms with Gasteiger partial charge < -0.3 is 5.32 Å². The third-order valence-electron chi connectivity index (χ3n) is 3.72. The maximum Gasteiger partial charge on any atom is 0.126 e. The minimum Gasteiger partial charge on any atom is -0.367 e. The zero-order chi connectivity index (χ0) is 12.1. The largest absolute Gasteiger partial charge is 0.367 e. The van der Waals surface area contributed by atoms with Gasteiger partial charge in [-0.15, -0.1) is 0 Å². The van der Waals surface area contributed by atoms with Crippen LogP contribution >= 0.6 is 11.6 Å². The molecular formula is C14H21ClN2. The topological polar surface area (TPSA) is 24.9 Å². The van der Waals surface area contributed by atoms with Crippen LogP contribution in [-0.2, 0) is 0 Å². The van der Waals surface area contributed by atoms with Gasteiger partial charge in [0, 0.05) is 12.2 Å². The third-order valence-corrected chi connectivity index (χ3v) is 3.94. The van der Waals surface area contributed by atoms with Crippen molar-refractivity contribution in [2.45, 2.75) is 51.5 Å². The van der Waals surface area contributed by atoms with Crippen molar-refractivity contribution >= 4 is 17.4 Å². The molecule has 0 spiro atoms. The zero-order valence-electron chi connectivity index (χ0n) is 10.5. The summed E-state index contributed by atoms with van der Waals surface area (Å²) in [5, 5.41) is 4.25. The van der Waals surface area contributed by atoms with E-state index in [1.165, 1.54) is 32.1 Å². The summed E-state index contributed by atoms with van der Waals surface area (Å²) >= 11 is 5.84. The Balaban J connectivity index is 1.96. The van der Waals surface area contributed by atoms with Crippen LogP contribution in [0.15, 0.2) is 18.3 Å². The molecule has 0 aliphatic heterocycles. The molecule has 1 unspecified atom stereocenters. The Kier molecular flexibility index (Phi) is 4.66. The Bertz CT molecular complexity index is 331. The first-order valence-corrected chi connectivity index (χ1v) is 7.05. The summed E-state index contributed by atoms with van der Waals surface area (Å²) in [5.74, 6) is 1.76. The van der Waals surface area contributed by atoms with Crippen molar-refractivity contribution in [2.75, 3.05) is 5.32 Å². The molecule has 1 fully saturated rings. The lowest BCUT2D eigenvalue weighted by Crippen LogP contribution is -2.30. The predicted molar refractivity (Wildman–Crippen MR) is 73.5 cm³/mol. The molecule has 3 heteroatoms. The normalized spacial score (nSPS) is 18.9. The van der Waals surface area contributed by atoms with Crippen molar-refractivity contribution in [3.8, 4) is 0 Å². The Morgan fingerprint density at radius 2 is 2.12 bits per heavy atom. The molecule has 0 amide bonds. The highest BCUT2D eigenvalue weighted by molar-refractivity contribution is 6.30. The van der Waals surface area contributed by atoms with Gasteiger partial charge in [-0.25, -0.2) is 4.98 Å². The van der Waals surface area contributed by atoms with Crippen LogP contribution in [0.5, 0.6) is 0 Å². The molecule has 1 aliphatic rings. The van der Waals surface area contributed by atoms with Crippen molar-refractivity contribution in [3.63, 3.8) is 0 Å². The molecule has 0 radical (unpaired) electrons. The molecule has 0 bridgehead atoms. The number of rotatable bonds is 4. The lowest BCUT2D eigenvalue weighted by atomic mass is 9.83. The highest BCUT2D eigenvalue weighted by Crippen LogP contribution is 2.29. The number of pyridine rings is 1. The Hall–Kier alpha value is -0.760. The van der Waals surface area contributed by atoms with Gasteiger partial charge in [-0.05, 0) is 37.3 Å². The van der Waals surface area contributed by atoms with E-state index in [0.29, 0.717) is 11.1 Å². The number of nitrogens with one attached hydrogen (secondary N) is 1. The third kappa shape index (κ3) is 3.60. The first-order valence-electron chi connectivity index (χ1n) is 6.67. The fourth-order valence-electron chi connectivity index (χ4n) is 2.74. The first kappa shape index (κ1) is 12.7. The number of aromatic nitrogens is 1. The Morgan fingerprint density at radius 1 is 1.35 bits per heavy atom. The van der Waals surface area contributed by atoms with Gasteiger partial charge in [-0.2, -0.15) is 0 Å². The molecule has 1 atom stereocenters. The van der Waals surface area contributed by atoms with E-state index in [1.54, 1.807) is 6.20 Å². The molecular weight excluding hydrogens is 232 g/mol. The van der Waals surface area contributed by atoms with Crippen molar-refractivity contribution in [2.24, 2.45) is 5.92 Å². The van der Waals surface area contributed by atoms with E-state index in [9.17, 15) is 0 Å². The second kappa shape index (κ2) is 6.25. The number of nitrogens with zero attached hydrogens (tertiary/aromatic N) is 1. The van der Waals surface area contributed by atoms with E-state index >= 15 is 0 Å². The van der Waals surface area contributed by atoms with E-state index in [0.717, 1.165) is 18.2 Å². The number of halogens is 1. The standard InChI is InChI=1S/C14H21ClN2/c1-2-13(11-6-4-3-5-7-11)17-14-9-8-12(15)10-16-14/h8-11,13H,2-7H2,1H3,(H,16,17). The van der Waals surface area contributed by atoms with Crippen LogP contribution in [0.25, 0.3) is 0 Å². The fourth-order valence-corrected chi connectivity index (χ4v) is 2.85. The summed E-state index contributed by atoms with van der Waals surface area (Å²) in [6, 6.07) is 4.42. The van der Waals surface area contributed by atoms with Crippen LogP contribution in [0.2, 0.25) is 5.02 Å². The summed E-state index contributed by atoms with van der Waals surface area (Å²) in [7, 11) is 0. The van der Waals surface area contributed by atoms with Crippen LogP contribution in [0, 0.1) is 5.92 Å². The lowest BCUT2D eigenvalue weighted by molar-refractivity contribution is 0.312. The van der Waals surface area contributed by atoms with E-state index in [1.807, 2.05) is 12.1 Å². The molecule has 1 aromatic heterocycles. The van der Waals surface area contributed by atoms with Gasteiger partial charge in [-0.1, -0.05) is 37.8 Å². The van der Waals surface area contributed by atoms with E-state index in [2.05, 4.69) is 17.2 Å². The highest BCUT2D eigenvalue weighted by Gasteiger charge is 2.22. The second-order valence-electron chi connectivity index (χ2n) is 4.92. The van der Waals surface area contributed by atoms with E-state index in [4.69, 9.17) is 11.6 Å². The Labute approximate surface area is 109 Å². The Morgan fingerprint density at radius 3 is 2.71 bits per heavy atom. The molecule has 2 nitrogen and oxygen atoms in total. The average molecular weight is 253 g/mol. The first-order chi connectivity index (χ1) is 8.29. The summed E-state index contributed by atoms with van der Waals surface area (Å²) in [5.41, 5.74) is 0. The van der Waals surface area contributed by atoms with Crippen LogP contribution in [0.4, 0.5) is 5.82 Å². The summed E-state index contributed by atoms with van der Waals surface area (Å²) < 4.78 is 0. The number of anilines is 1. The highest BCUT2D eigenvalue weighted by atomic mass is 35.5. The maximum absolute atomic E-state index is 5.84. The van der Waals surface area contributed by atoms with Gasteiger partial charge >= 0.3 is 0 Å². The van der Waals surface area contributed by atoms with Gasteiger partial charge in [0.1, 0.15) is 5.82 Å². The molecule has 17 heavy (non-hydrogen) atoms. The van der Waals surface area contributed by atoms with Gasteiger partial charge in [0.2, 0.25) is 0 Å². The van der Waals surface area contributed by atoms with Gasteiger partial charge in [0.25, 0.3) is 0 Å². The summed E-state index contributed by atoms with van der Waals surface area (Å²) in [6.07, 6.45) is 9.77. The van der Waals surface area contributed by atoms with Crippen LogP contribution in [-0.4, -0.2) is 11.0 Å². The summed E-state index contributed by atoms with van der Waals surface area (Å²) in [6.45, 7) is 2.25. The quantitative estimate of drug-likeness (QED) is 0.853. The van der Waals surface area contributed by atoms with Crippen LogP contribution in [0.1, 0.15) is 45.4 Å². The van der Waals surface area contributed by atoms with Crippen LogP contribution in [0.3, 0.4) is 0 Å². The predicted octanol–water partition coefficient (Wildman–Crippen LogP) is 4.51. The number of hydrogen-bond acceptors (Lipinski definition) is 2. The molecule has 1 N–H and O–H groups in total. The molecule has 94 valence electrons. The van der Waals surface area contributed by atoms with Gasteiger partial charge in [0.05, 0.1) is 5.02 Å². The smallest absolute Gasteiger partial charge is 0.126 e. The molecule has 1 aromatic rings. The molecule has 1 heterocycles. The SMILES string of the molecule is CCC(Nc1ccc(Cl)cn1)C1CCCCC1. The average Bonchev–Trinajstić information content (AvgIpc) is 2.39. The zero-order valence-corrected chi connectivity index (χ0v) is 11.2. The van der Waals surface area contributed by atoms with Crippen molar-refractivity contribution in [3.05, 3.63) is 23.4 Å². The minimum atomic E-state index is 0.559. The van der Waals surface area contributed by atoms with E-state index < -0.39 is 0 Å². The van der Waals surface area contributed by atoms with Crippen molar-refractivity contribution < 1.29 is 0 Å². The lowest BCUT2D eigenvalue weighted by Gasteiger charge is -2.30. The monoisotopic (exact) mass is 252 g/mol.